The van der Waals surface area contributed by atoms with E-state index in [2.05, 4.69) is 16.6 Å². The maximum atomic E-state index is 12.9. The van der Waals surface area contributed by atoms with Gasteiger partial charge in [0, 0.05) is 11.5 Å². The molecule has 0 saturated carbocycles. The van der Waals surface area contributed by atoms with Gasteiger partial charge in [0.1, 0.15) is 5.82 Å². The molecule has 0 saturated heterocycles. The zero-order valence-corrected chi connectivity index (χ0v) is 8.99. The van der Waals surface area contributed by atoms with Crippen LogP contribution < -0.4 is 0 Å². The van der Waals surface area contributed by atoms with Crippen LogP contribution in [0.1, 0.15) is 22.8 Å². The number of rotatable bonds is 2. The first-order valence-electron chi connectivity index (χ1n) is 4.76. The van der Waals surface area contributed by atoms with Gasteiger partial charge in [0.25, 0.3) is 0 Å². The molecule has 0 aliphatic heterocycles. The standard InChI is InChI=1S/C12H9FO4/c1-2-17-11(14)6-3-8-7-9(13)4-5-10(8)12(15)16/h4-5,7H,2H2,1H3,(H,15,16). The van der Waals surface area contributed by atoms with Crippen molar-refractivity contribution in [2.24, 2.45) is 0 Å². The van der Waals surface area contributed by atoms with E-state index < -0.39 is 17.8 Å². The minimum Gasteiger partial charge on any atom is -0.478 e. The Balaban J connectivity index is 3.08. The summed E-state index contributed by atoms with van der Waals surface area (Å²) in [5.74, 6) is 1.71. The first-order chi connectivity index (χ1) is 8.04. The van der Waals surface area contributed by atoms with Gasteiger partial charge in [-0.15, -0.1) is 0 Å². The zero-order chi connectivity index (χ0) is 12.8. The highest BCUT2D eigenvalue weighted by molar-refractivity contribution is 5.93. The molecular formula is C12H9FO4. The van der Waals surface area contributed by atoms with Crippen LogP contribution in [0.3, 0.4) is 0 Å². The van der Waals surface area contributed by atoms with E-state index in [1.807, 2.05) is 0 Å². The van der Waals surface area contributed by atoms with Gasteiger partial charge < -0.3 is 9.84 Å². The first-order valence-corrected chi connectivity index (χ1v) is 4.76. The van der Waals surface area contributed by atoms with Gasteiger partial charge in [-0.2, -0.15) is 0 Å². The summed E-state index contributed by atoms with van der Waals surface area (Å²) in [6.07, 6.45) is 0. The molecule has 0 amide bonds. The van der Waals surface area contributed by atoms with E-state index in [-0.39, 0.29) is 17.7 Å². The molecule has 0 fully saturated rings. The van der Waals surface area contributed by atoms with Crippen molar-refractivity contribution in [3.63, 3.8) is 0 Å². The Hall–Kier alpha value is -2.35. The van der Waals surface area contributed by atoms with Crippen molar-refractivity contribution in [2.75, 3.05) is 6.61 Å². The monoisotopic (exact) mass is 236 g/mol. The Morgan fingerprint density at radius 3 is 2.76 bits per heavy atom. The molecule has 0 aliphatic rings. The molecule has 0 aliphatic carbocycles. The Bertz CT molecular complexity index is 511. The SMILES string of the molecule is CCOC(=O)C#Cc1cc(F)ccc1C(=O)O. The first kappa shape index (κ1) is 12.7. The molecule has 88 valence electrons. The van der Waals surface area contributed by atoms with Crippen molar-refractivity contribution >= 4 is 11.9 Å². The van der Waals surface area contributed by atoms with Crippen LogP contribution in [0.5, 0.6) is 0 Å². The van der Waals surface area contributed by atoms with Crippen molar-refractivity contribution < 1.29 is 23.8 Å². The van der Waals surface area contributed by atoms with Crippen molar-refractivity contribution in [2.45, 2.75) is 6.92 Å². The van der Waals surface area contributed by atoms with Crippen molar-refractivity contribution in [1.82, 2.24) is 0 Å². The molecule has 1 rings (SSSR count). The van der Waals surface area contributed by atoms with E-state index in [1.165, 1.54) is 0 Å². The van der Waals surface area contributed by atoms with Crippen LogP contribution in [0, 0.1) is 17.7 Å². The summed E-state index contributed by atoms with van der Waals surface area (Å²) in [6.45, 7) is 1.78. The lowest BCUT2D eigenvalue weighted by Crippen LogP contribution is -2.02. The lowest BCUT2D eigenvalue weighted by molar-refractivity contribution is -0.136. The number of hydrogen-bond acceptors (Lipinski definition) is 3. The fourth-order valence-electron chi connectivity index (χ4n) is 1.09. The number of ether oxygens (including phenoxy) is 1. The number of hydrogen-bond donors (Lipinski definition) is 1. The second kappa shape index (κ2) is 5.66. The highest BCUT2D eigenvalue weighted by Gasteiger charge is 2.09. The molecule has 0 bridgehead atoms. The third kappa shape index (κ3) is 3.61. The normalized spacial score (nSPS) is 9.06. The van der Waals surface area contributed by atoms with Crippen molar-refractivity contribution in [3.8, 4) is 11.8 Å². The van der Waals surface area contributed by atoms with Gasteiger partial charge in [-0.25, -0.2) is 14.0 Å². The van der Waals surface area contributed by atoms with Gasteiger partial charge in [0.05, 0.1) is 12.2 Å². The predicted octanol–water partition coefficient (Wildman–Crippen LogP) is 1.44. The highest BCUT2D eigenvalue weighted by Crippen LogP contribution is 2.10. The molecule has 0 spiro atoms. The summed E-state index contributed by atoms with van der Waals surface area (Å²) in [6, 6.07) is 3.06. The number of halogens is 1. The summed E-state index contributed by atoms with van der Waals surface area (Å²) in [5.41, 5.74) is -0.228. The minimum absolute atomic E-state index is 0.0643. The lowest BCUT2D eigenvalue weighted by atomic mass is 10.1. The van der Waals surface area contributed by atoms with Crippen molar-refractivity contribution in [3.05, 3.63) is 35.1 Å². The molecule has 0 unspecified atom stereocenters. The molecule has 5 heteroatoms. The summed E-state index contributed by atoms with van der Waals surface area (Å²) in [4.78, 5) is 21.7. The molecule has 17 heavy (non-hydrogen) atoms. The zero-order valence-electron chi connectivity index (χ0n) is 8.99. The summed E-state index contributed by atoms with van der Waals surface area (Å²) in [7, 11) is 0. The number of carbonyl (C=O) groups is 2. The molecule has 0 heterocycles. The third-order valence-electron chi connectivity index (χ3n) is 1.79. The molecule has 4 nitrogen and oxygen atoms in total. The predicted molar refractivity (Wildman–Crippen MR) is 56.9 cm³/mol. The largest absolute Gasteiger partial charge is 0.478 e. The summed E-state index contributed by atoms with van der Waals surface area (Å²) < 4.78 is 17.4. The number of aromatic carboxylic acids is 1. The van der Waals surface area contributed by atoms with Gasteiger partial charge in [0.2, 0.25) is 0 Å². The van der Waals surface area contributed by atoms with Crippen LogP contribution in [0.25, 0.3) is 0 Å². The van der Waals surface area contributed by atoms with E-state index in [4.69, 9.17) is 5.11 Å². The van der Waals surface area contributed by atoms with Crippen LogP contribution in [-0.2, 0) is 9.53 Å². The second-order valence-corrected chi connectivity index (χ2v) is 2.97. The average Bonchev–Trinajstić information content (AvgIpc) is 2.26. The van der Waals surface area contributed by atoms with Crippen LogP contribution in [-0.4, -0.2) is 23.7 Å². The summed E-state index contributed by atoms with van der Waals surface area (Å²) in [5, 5.41) is 8.82. The number of esters is 1. The Morgan fingerprint density at radius 1 is 1.47 bits per heavy atom. The molecular weight excluding hydrogens is 227 g/mol. The topological polar surface area (TPSA) is 63.6 Å². The Kier molecular flexibility index (Phi) is 4.23. The Labute approximate surface area is 97.0 Å². The quantitative estimate of drug-likeness (QED) is 0.623. The smallest absolute Gasteiger partial charge is 0.384 e. The van der Waals surface area contributed by atoms with Gasteiger partial charge in [-0.05, 0) is 25.1 Å². The number of carboxylic acid groups (broad SMARTS) is 1. The maximum Gasteiger partial charge on any atom is 0.384 e. The van der Waals surface area contributed by atoms with E-state index in [0.29, 0.717) is 0 Å². The molecule has 1 aromatic carbocycles. The third-order valence-corrected chi connectivity index (χ3v) is 1.79. The van der Waals surface area contributed by atoms with Crippen LogP contribution >= 0.6 is 0 Å². The minimum atomic E-state index is -1.24. The molecule has 0 atom stereocenters. The summed E-state index contributed by atoms with van der Waals surface area (Å²) >= 11 is 0. The highest BCUT2D eigenvalue weighted by atomic mass is 19.1. The lowest BCUT2D eigenvalue weighted by Gasteiger charge is -1.98. The maximum absolute atomic E-state index is 12.9. The van der Waals surface area contributed by atoms with Crippen LogP contribution in [0.15, 0.2) is 18.2 Å². The van der Waals surface area contributed by atoms with Crippen LogP contribution in [0.2, 0.25) is 0 Å². The Morgan fingerprint density at radius 2 is 2.18 bits per heavy atom. The molecule has 1 N–H and O–H groups in total. The van der Waals surface area contributed by atoms with Gasteiger partial charge >= 0.3 is 11.9 Å². The van der Waals surface area contributed by atoms with Crippen molar-refractivity contribution in [1.29, 1.82) is 0 Å². The van der Waals surface area contributed by atoms with Gasteiger partial charge in [-0.3, -0.25) is 0 Å². The molecule has 0 radical (unpaired) electrons. The molecule has 1 aromatic rings. The van der Waals surface area contributed by atoms with E-state index >= 15 is 0 Å². The van der Waals surface area contributed by atoms with Gasteiger partial charge in [-0.1, -0.05) is 5.92 Å². The fraction of sp³-hybridized carbons (Fsp3) is 0.167. The number of carboxylic acids is 1. The average molecular weight is 236 g/mol. The van der Waals surface area contributed by atoms with E-state index in [0.717, 1.165) is 18.2 Å². The van der Waals surface area contributed by atoms with E-state index in [9.17, 15) is 14.0 Å². The van der Waals surface area contributed by atoms with Gasteiger partial charge in [0.15, 0.2) is 0 Å². The second-order valence-electron chi connectivity index (χ2n) is 2.97. The van der Waals surface area contributed by atoms with Crippen LogP contribution in [0.4, 0.5) is 4.39 Å². The number of benzene rings is 1. The molecule has 0 aromatic heterocycles. The fourth-order valence-corrected chi connectivity index (χ4v) is 1.09. The van der Waals surface area contributed by atoms with E-state index in [1.54, 1.807) is 6.92 Å². The number of carbonyl (C=O) groups excluding carboxylic acids is 1.